The lowest BCUT2D eigenvalue weighted by molar-refractivity contribution is 0.103. The normalized spacial score (nSPS) is 10.5. The molecule has 0 N–H and O–H groups in total. The van der Waals surface area contributed by atoms with E-state index in [1.54, 1.807) is 17.6 Å². The van der Waals surface area contributed by atoms with E-state index in [2.05, 4.69) is 14.6 Å². The lowest BCUT2D eigenvalue weighted by Crippen LogP contribution is -2.08. The maximum absolute atomic E-state index is 12.0. The summed E-state index contributed by atoms with van der Waals surface area (Å²) in [6.07, 6.45) is 3.12. The van der Waals surface area contributed by atoms with Gasteiger partial charge >= 0.3 is 0 Å². The predicted molar refractivity (Wildman–Crippen MR) is 63.3 cm³/mol. The number of nitrogens with zero attached hydrogens (tertiary/aromatic N) is 3. The number of hydrogen-bond donors (Lipinski definition) is 0. The quantitative estimate of drug-likeness (QED) is 0.775. The first-order valence-electron chi connectivity index (χ1n) is 5.10. The second-order valence-corrected chi connectivity index (χ2v) is 4.31. The molecule has 2 aromatic heterocycles. The number of ketones is 1. The van der Waals surface area contributed by atoms with Gasteiger partial charge in [0.1, 0.15) is 11.4 Å². The van der Waals surface area contributed by atoms with Gasteiger partial charge in [-0.2, -0.15) is 0 Å². The van der Waals surface area contributed by atoms with Gasteiger partial charge in [-0.25, -0.2) is 0 Å². The molecule has 0 saturated heterocycles. The van der Waals surface area contributed by atoms with Crippen molar-refractivity contribution in [3.63, 3.8) is 0 Å². The second kappa shape index (κ2) is 5.01. The number of ether oxygens (including phenoxy) is 1. The topological polar surface area (TPSA) is 65.0 Å². The summed E-state index contributed by atoms with van der Waals surface area (Å²) in [6, 6.07) is 1.66. The number of hydrogen-bond acceptors (Lipinski definition) is 6. The van der Waals surface area contributed by atoms with E-state index in [1.165, 1.54) is 6.20 Å². The second-order valence-electron chi connectivity index (χ2n) is 3.70. The standard InChI is InChI=1S/C11H11N3O2S/c1-7(2)16-9-3-8(4-12-5-9)11(15)10-6-17-14-13-10/h3-7H,1-2H3. The highest BCUT2D eigenvalue weighted by Gasteiger charge is 2.13. The van der Waals surface area contributed by atoms with E-state index in [0.29, 0.717) is 17.0 Å². The van der Waals surface area contributed by atoms with E-state index < -0.39 is 0 Å². The summed E-state index contributed by atoms with van der Waals surface area (Å²) in [5, 5.41) is 5.34. The van der Waals surface area contributed by atoms with Crippen LogP contribution in [0.5, 0.6) is 5.75 Å². The van der Waals surface area contributed by atoms with Crippen LogP contribution in [0.15, 0.2) is 23.8 Å². The summed E-state index contributed by atoms with van der Waals surface area (Å²) in [6.45, 7) is 3.83. The zero-order valence-electron chi connectivity index (χ0n) is 9.45. The van der Waals surface area contributed by atoms with Crippen molar-refractivity contribution in [3.8, 4) is 5.75 Å². The monoisotopic (exact) mass is 249 g/mol. The Morgan fingerprint density at radius 1 is 1.41 bits per heavy atom. The molecule has 2 rings (SSSR count). The molecule has 0 aliphatic rings. The first-order chi connectivity index (χ1) is 8.16. The Kier molecular flexibility index (Phi) is 3.43. The van der Waals surface area contributed by atoms with Crippen LogP contribution in [0.1, 0.15) is 29.9 Å². The zero-order chi connectivity index (χ0) is 12.3. The number of pyridine rings is 1. The Bertz CT molecular complexity index is 511. The van der Waals surface area contributed by atoms with E-state index in [-0.39, 0.29) is 11.9 Å². The van der Waals surface area contributed by atoms with E-state index in [1.807, 2.05) is 13.8 Å². The summed E-state index contributed by atoms with van der Waals surface area (Å²) >= 11 is 1.14. The average Bonchev–Trinajstić information content (AvgIpc) is 2.81. The molecule has 0 spiro atoms. The molecule has 88 valence electrons. The van der Waals surface area contributed by atoms with Gasteiger partial charge in [0.15, 0.2) is 0 Å². The lowest BCUT2D eigenvalue weighted by atomic mass is 10.1. The fourth-order valence-electron chi connectivity index (χ4n) is 1.29. The molecule has 0 aromatic carbocycles. The smallest absolute Gasteiger partial charge is 0.215 e. The average molecular weight is 249 g/mol. The molecule has 0 aliphatic carbocycles. The summed E-state index contributed by atoms with van der Waals surface area (Å²) < 4.78 is 9.13. The molecule has 0 bridgehead atoms. The van der Waals surface area contributed by atoms with Crippen molar-refractivity contribution in [2.24, 2.45) is 0 Å². The van der Waals surface area contributed by atoms with Crippen LogP contribution in [-0.4, -0.2) is 26.5 Å². The van der Waals surface area contributed by atoms with Crippen molar-refractivity contribution in [2.75, 3.05) is 0 Å². The van der Waals surface area contributed by atoms with Crippen molar-refractivity contribution in [2.45, 2.75) is 20.0 Å². The number of carbonyl (C=O) groups excluding carboxylic acids is 1. The largest absolute Gasteiger partial charge is 0.489 e. The summed E-state index contributed by atoms with van der Waals surface area (Å²) in [4.78, 5) is 15.9. The highest BCUT2D eigenvalue weighted by Crippen LogP contribution is 2.15. The molecule has 2 heterocycles. The highest BCUT2D eigenvalue weighted by atomic mass is 32.1. The summed E-state index contributed by atoms with van der Waals surface area (Å²) in [7, 11) is 0. The molecule has 6 heteroatoms. The van der Waals surface area contributed by atoms with Gasteiger partial charge in [0.2, 0.25) is 5.78 Å². The van der Waals surface area contributed by atoms with E-state index in [4.69, 9.17) is 4.74 Å². The molecule has 0 saturated carbocycles. The number of carbonyl (C=O) groups is 1. The number of rotatable bonds is 4. The molecule has 0 atom stereocenters. The van der Waals surface area contributed by atoms with Gasteiger partial charge in [-0.1, -0.05) is 4.49 Å². The van der Waals surface area contributed by atoms with Gasteiger partial charge in [0.05, 0.1) is 12.3 Å². The van der Waals surface area contributed by atoms with Crippen molar-refractivity contribution < 1.29 is 9.53 Å². The minimum Gasteiger partial charge on any atom is -0.489 e. The third-order valence-corrected chi connectivity index (χ3v) is 2.44. The number of aromatic nitrogens is 3. The van der Waals surface area contributed by atoms with Gasteiger partial charge in [-0.3, -0.25) is 9.78 Å². The van der Waals surface area contributed by atoms with Gasteiger partial charge in [-0.05, 0) is 31.4 Å². The minimum absolute atomic E-state index is 0.0445. The van der Waals surface area contributed by atoms with Gasteiger partial charge in [0.25, 0.3) is 0 Å². The molecule has 0 amide bonds. The summed E-state index contributed by atoms with van der Waals surface area (Å²) in [5.41, 5.74) is 0.786. The molecule has 5 nitrogen and oxygen atoms in total. The van der Waals surface area contributed by atoms with Crippen LogP contribution >= 0.6 is 11.5 Å². The molecule has 0 unspecified atom stereocenters. The maximum atomic E-state index is 12.0. The van der Waals surface area contributed by atoms with Crippen LogP contribution in [0.2, 0.25) is 0 Å². The van der Waals surface area contributed by atoms with E-state index >= 15 is 0 Å². The fraction of sp³-hybridized carbons (Fsp3) is 0.273. The van der Waals surface area contributed by atoms with Gasteiger partial charge in [0, 0.05) is 17.1 Å². The Balaban J connectivity index is 2.24. The first kappa shape index (κ1) is 11.7. The fourth-order valence-corrected chi connectivity index (χ4v) is 1.73. The third kappa shape index (κ3) is 2.85. The lowest BCUT2D eigenvalue weighted by Gasteiger charge is -2.09. The Hall–Kier alpha value is -1.82. The molecule has 0 aliphatic heterocycles. The van der Waals surface area contributed by atoms with Crippen LogP contribution in [-0.2, 0) is 0 Å². The van der Waals surface area contributed by atoms with Crippen molar-refractivity contribution in [1.82, 2.24) is 14.6 Å². The van der Waals surface area contributed by atoms with Crippen molar-refractivity contribution in [3.05, 3.63) is 35.1 Å². The Morgan fingerprint density at radius 2 is 2.24 bits per heavy atom. The molecular formula is C11H11N3O2S. The van der Waals surface area contributed by atoms with Crippen LogP contribution in [0.3, 0.4) is 0 Å². The molecular weight excluding hydrogens is 238 g/mol. The zero-order valence-corrected chi connectivity index (χ0v) is 10.3. The van der Waals surface area contributed by atoms with Gasteiger partial charge < -0.3 is 4.74 Å². The van der Waals surface area contributed by atoms with Crippen molar-refractivity contribution in [1.29, 1.82) is 0 Å². The third-order valence-electron chi connectivity index (χ3n) is 1.94. The highest BCUT2D eigenvalue weighted by molar-refractivity contribution is 7.03. The van der Waals surface area contributed by atoms with Gasteiger partial charge in [-0.15, -0.1) is 5.10 Å². The SMILES string of the molecule is CC(C)Oc1cncc(C(=O)c2csnn2)c1. The Morgan fingerprint density at radius 3 is 2.88 bits per heavy atom. The Labute approximate surface area is 103 Å². The summed E-state index contributed by atoms with van der Waals surface area (Å²) in [5.74, 6) is 0.384. The predicted octanol–water partition coefficient (Wildman–Crippen LogP) is 1.95. The molecule has 0 radical (unpaired) electrons. The molecule has 17 heavy (non-hydrogen) atoms. The van der Waals surface area contributed by atoms with Crippen LogP contribution in [0.4, 0.5) is 0 Å². The van der Waals surface area contributed by atoms with Crippen molar-refractivity contribution >= 4 is 17.3 Å². The molecule has 2 aromatic rings. The molecule has 0 fully saturated rings. The maximum Gasteiger partial charge on any atom is 0.215 e. The minimum atomic E-state index is -0.194. The van der Waals surface area contributed by atoms with Crippen LogP contribution in [0, 0.1) is 0 Å². The van der Waals surface area contributed by atoms with E-state index in [9.17, 15) is 4.79 Å². The van der Waals surface area contributed by atoms with E-state index in [0.717, 1.165) is 11.5 Å². The van der Waals surface area contributed by atoms with Crippen LogP contribution in [0.25, 0.3) is 0 Å². The first-order valence-corrected chi connectivity index (χ1v) is 5.94. The van der Waals surface area contributed by atoms with Crippen LogP contribution < -0.4 is 4.74 Å².